The van der Waals surface area contributed by atoms with E-state index in [0.717, 1.165) is 15.9 Å². The number of aromatic nitrogens is 3. The molecule has 0 amide bonds. The summed E-state index contributed by atoms with van der Waals surface area (Å²) in [7, 11) is 0. The summed E-state index contributed by atoms with van der Waals surface area (Å²) in [5.74, 6) is 0.618. The van der Waals surface area contributed by atoms with Crippen molar-refractivity contribution in [1.82, 2.24) is 14.2 Å². The minimum atomic E-state index is -0.353. The van der Waals surface area contributed by atoms with Gasteiger partial charge in [-0.3, -0.25) is 4.79 Å². The number of benzene rings is 2. The van der Waals surface area contributed by atoms with E-state index in [0.29, 0.717) is 16.7 Å². The summed E-state index contributed by atoms with van der Waals surface area (Å²) in [5, 5.41) is 5.13. The molecule has 6 heteroatoms. The highest BCUT2D eigenvalue weighted by Gasteiger charge is 2.23. The van der Waals surface area contributed by atoms with Gasteiger partial charge in [-0.1, -0.05) is 42.8 Å². The zero-order chi connectivity index (χ0) is 22.3. The van der Waals surface area contributed by atoms with Crippen molar-refractivity contribution in [2.24, 2.45) is 5.10 Å². The maximum Gasteiger partial charge on any atom is 0.282 e. The molecule has 0 fully saturated rings. The molecule has 0 N–H and O–H groups in total. The van der Waals surface area contributed by atoms with Crippen LogP contribution in [0.4, 0.5) is 0 Å². The molecule has 2 heterocycles. The molecule has 0 saturated carbocycles. The molecule has 158 valence electrons. The first kappa shape index (κ1) is 21.2. The summed E-state index contributed by atoms with van der Waals surface area (Å²) in [6.07, 6.45) is 3.71. The second-order valence-electron chi connectivity index (χ2n) is 8.78. The summed E-state index contributed by atoms with van der Waals surface area (Å²) in [6, 6.07) is 15.8. The molecule has 0 saturated heterocycles. The van der Waals surface area contributed by atoms with Gasteiger partial charge in [0.25, 0.3) is 5.56 Å². The lowest BCUT2D eigenvalue weighted by atomic mass is 9.95. The summed E-state index contributed by atoms with van der Waals surface area (Å²) in [5.41, 5.74) is 4.54. The van der Waals surface area contributed by atoms with Gasteiger partial charge in [0.15, 0.2) is 0 Å². The molecule has 4 rings (SSSR count). The Bertz CT molecular complexity index is 1370. The van der Waals surface area contributed by atoms with E-state index in [2.05, 4.69) is 57.6 Å². The molecule has 0 spiro atoms. The Kier molecular flexibility index (Phi) is 5.43. The summed E-state index contributed by atoms with van der Waals surface area (Å²) in [6.45, 7) is 10.3. The Balaban J connectivity index is 1.86. The second-order valence-corrected chi connectivity index (χ2v) is 9.70. The van der Waals surface area contributed by atoms with Crippen LogP contribution in [0.15, 0.2) is 69.1 Å². The number of rotatable bonds is 3. The third kappa shape index (κ3) is 4.12. The SMILES string of the molecule is Cc1ccc(-n2cccc2C=Nn2c(C(C)(C)C)nc3ccc(Br)cc3c2=O)cc1C. The minimum absolute atomic E-state index is 0.184. The molecule has 0 radical (unpaired) electrons. The van der Waals surface area contributed by atoms with Crippen LogP contribution in [0.3, 0.4) is 0 Å². The first-order chi connectivity index (χ1) is 14.6. The summed E-state index contributed by atoms with van der Waals surface area (Å²) < 4.78 is 4.32. The average Bonchev–Trinajstić information content (AvgIpc) is 3.17. The van der Waals surface area contributed by atoms with Crippen molar-refractivity contribution < 1.29 is 0 Å². The van der Waals surface area contributed by atoms with Gasteiger partial charge in [0.05, 0.1) is 22.8 Å². The summed E-state index contributed by atoms with van der Waals surface area (Å²) >= 11 is 3.45. The van der Waals surface area contributed by atoms with Crippen LogP contribution in [-0.4, -0.2) is 20.4 Å². The number of hydrogen-bond acceptors (Lipinski definition) is 3. The number of halogens is 1. The van der Waals surface area contributed by atoms with E-state index in [4.69, 9.17) is 4.98 Å². The Morgan fingerprint density at radius 3 is 2.52 bits per heavy atom. The summed E-state index contributed by atoms with van der Waals surface area (Å²) in [4.78, 5) is 18.1. The largest absolute Gasteiger partial charge is 0.316 e. The van der Waals surface area contributed by atoms with E-state index in [1.54, 1.807) is 12.3 Å². The van der Waals surface area contributed by atoms with Gasteiger partial charge in [-0.2, -0.15) is 9.78 Å². The van der Waals surface area contributed by atoms with Gasteiger partial charge in [-0.25, -0.2) is 4.98 Å². The Hall–Kier alpha value is -2.99. The van der Waals surface area contributed by atoms with Gasteiger partial charge < -0.3 is 4.57 Å². The van der Waals surface area contributed by atoms with Gasteiger partial charge >= 0.3 is 0 Å². The molecule has 2 aromatic carbocycles. The van der Waals surface area contributed by atoms with E-state index < -0.39 is 0 Å². The molecule has 0 aliphatic rings. The van der Waals surface area contributed by atoms with Crippen LogP contribution in [0.5, 0.6) is 0 Å². The predicted molar refractivity (Wildman–Crippen MR) is 131 cm³/mol. The fourth-order valence-corrected chi connectivity index (χ4v) is 3.83. The van der Waals surface area contributed by atoms with Crippen molar-refractivity contribution in [3.63, 3.8) is 0 Å². The van der Waals surface area contributed by atoms with E-state index in [-0.39, 0.29) is 11.0 Å². The van der Waals surface area contributed by atoms with Gasteiger partial charge in [0.2, 0.25) is 0 Å². The first-order valence-electron chi connectivity index (χ1n) is 10.2. The number of nitrogens with zero attached hydrogens (tertiary/aromatic N) is 4. The third-order valence-corrected chi connectivity index (χ3v) is 5.83. The van der Waals surface area contributed by atoms with Crippen LogP contribution in [-0.2, 0) is 5.41 Å². The zero-order valence-corrected chi connectivity index (χ0v) is 19.9. The smallest absolute Gasteiger partial charge is 0.282 e. The standard InChI is InChI=1S/C25H25BrN4O/c1-16-8-10-19(13-17(16)2)29-12-6-7-20(29)15-27-30-23(31)21-14-18(26)9-11-22(21)28-24(30)25(3,4)5/h6-15H,1-5H3. The van der Waals surface area contributed by atoms with Gasteiger partial charge in [0.1, 0.15) is 5.82 Å². The quantitative estimate of drug-likeness (QED) is 0.353. The van der Waals surface area contributed by atoms with Gasteiger partial charge in [-0.15, -0.1) is 0 Å². The molecule has 4 aromatic rings. The van der Waals surface area contributed by atoms with E-state index in [1.165, 1.54) is 15.8 Å². The molecule has 0 unspecified atom stereocenters. The van der Waals surface area contributed by atoms with Crippen LogP contribution in [0.1, 0.15) is 43.4 Å². The molecular formula is C25H25BrN4O. The van der Waals surface area contributed by atoms with Crippen LogP contribution in [0, 0.1) is 13.8 Å². The van der Waals surface area contributed by atoms with Crippen LogP contribution in [0.2, 0.25) is 0 Å². The molecular weight excluding hydrogens is 452 g/mol. The maximum atomic E-state index is 13.3. The first-order valence-corrected chi connectivity index (χ1v) is 11.0. The number of hydrogen-bond donors (Lipinski definition) is 0. The lowest BCUT2D eigenvalue weighted by Crippen LogP contribution is -2.29. The lowest BCUT2D eigenvalue weighted by Gasteiger charge is -2.21. The van der Waals surface area contributed by atoms with Crippen LogP contribution >= 0.6 is 15.9 Å². The molecule has 0 aliphatic carbocycles. The molecule has 2 aromatic heterocycles. The van der Waals surface area contributed by atoms with Gasteiger partial charge in [-0.05, 0) is 67.4 Å². The fraction of sp³-hybridized carbons (Fsp3) is 0.240. The van der Waals surface area contributed by atoms with Crippen molar-refractivity contribution in [2.75, 3.05) is 0 Å². The lowest BCUT2D eigenvalue weighted by molar-refractivity contribution is 0.506. The highest BCUT2D eigenvalue weighted by molar-refractivity contribution is 9.10. The average molecular weight is 477 g/mol. The second kappa shape index (κ2) is 7.93. The third-order valence-electron chi connectivity index (χ3n) is 5.33. The predicted octanol–water partition coefficient (Wildman–Crippen LogP) is 5.75. The van der Waals surface area contributed by atoms with Crippen LogP contribution in [0.25, 0.3) is 16.6 Å². The minimum Gasteiger partial charge on any atom is -0.316 e. The maximum absolute atomic E-state index is 13.3. The highest BCUT2D eigenvalue weighted by Crippen LogP contribution is 2.23. The Labute approximate surface area is 190 Å². The monoisotopic (exact) mass is 476 g/mol. The molecule has 0 bridgehead atoms. The van der Waals surface area contributed by atoms with E-state index >= 15 is 0 Å². The Morgan fingerprint density at radius 2 is 1.81 bits per heavy atom. The van der Waals surface area contributed by atoms with Crippen molar-refractivity contribution in [2.45, 2.75) is 40.0 Å². The molecule has 5 nitrogen and oxygen atoms in total. The topological polar surface area (TPSA) is 52.2 Å². The van der Waals surface area contributed by atoms with E-state index in [1.807, 2.05) is 51.2 Å². The fourth-order valence-electron chi connectivity index (χ4n) is 3.47. The molecule has 0 aliphatic heterocycles. The van der Waals surface area contributed by atoms with Crippen molar-refractivity contribution in [3.05, 3.63) is 92.2 Å². The van der Waals surface area contributed by atoms with Crippen molar-refractivity contribution in [3.8, 4) is 5.69 Å². The number of aryl methyl sites for hydroxylation is 2. The molecule has 0 atom stereocenters. The normalized spacial score (nSPS) is 12.2. The number of fused-ring (bicyclic) bond motifs is 1. The highest BCUT2D eigenvalue weighted by atomic mass is 79.9. The van der Waals surface area contributed by atoms with Crippen molar-refractivity contribution in [1.29, 1.82) is 0 Å². The molecule has 31 heavy (non-hydrogen) atoms. The van der Waals surface area contributed by atoms with Crippen molar-refractivity contribution >= 4 is 33.0 Å². The zero-order valence-electron chi connectivity index (χ0n) is 18.3. The van der Waals surface area contributed by atoms with Crippen LogP contribution < -0.4 is 5.56 Å². The Morgan fingerprint density at radius 1 is 1.03 bits per heavy atom. The van der Waals surface area contributed by atoms with Gasteiger partial charge in [0, 0.05) is 21.8 Å². The van der Waals surface area contributed by atoms with E-state index in [9.17, 15) is 4.79 Å².